The molecule has 0 spiro atoms. The van der Waals surface area contributed by atoms with Gasteiger partial charge in [0.25, 0.3) is 11.9 Å². The summed E-state index contributed by atoms with van der Waals surface area (Å²) in [6.45, 7) is 2.76. The average Bonchev–Trinajstić information content (AvgIpc) is 2.92. The molecule has 22 heavy (non-hydrogen) atoms. The van der Waals surface area contributed by atoms with Gasteiger partial charge in [-0.15, -0.1) is 5.10 Å². The molecule has 0 saturated carbocycles. The summed E-state index contributed by atoms with van der Waals surface area (Å²) in [4.78, 5) is 13.5. The number of thiocarbonyl (C=S) groups is 1. The number of aryl methyl sites for hydroxylation is 1. The monoisotopic (exact) mass is 338 g/mol. The van der Waals surface area contributed by atoms with Gasteiger partial charge >= 0.3 is 0 Å². The van der Waals surface area contributed by atoms with Gasteiger partial charge in [-0.25, -0.2) is 0 Å². The van der Waals surface area contributed by atoms with E-state index in [9.17, 15) is 4.79 Å². The molecule has 0 bridgehead atoms. The van der Waals surface area contributed by atoms with Gasteiger partial charge in [0.15, 0.2) is 5.11 Å². The number of benzene rings is 1. The van der Waals surface area contributed by atoms with E-state index in [0.29, 0.717) is 17.1 Å². The highest BCUT2D eigenvalue weighted by molar-refractivity contribution is 7.80. The second kappa shape index (κ2) is 7.81. The van der Waals surface area contributed by atoms with Crippen LogP contribution in [0.1, 0.15) is 30.1 Å². The summed E-state index contributed by atoms with van der Waals surface area (Å²) in [6.07, 6.45) is 2.00. The Bertz CT molecular complexity index is 674. The normalized spacial score (nSPS) is 10.3. The van der Waals surface area contributed by atoms with E-state index in [-0.39, 0.29) is 11.1 Å². The zero-order valence-electron chi connectivity index (χ0n) is 11.9. The number of anilines is 1. The molecule has 0 atom stereocenters. The number of rotatable bonds is 5. The molecule has 7 nitrogen and oxygen atoms in total. The number of aromatic nitrogens is 4. The summed E-state index contributed by atoms with van der Waals surface area (Å²) in [5, 5.41) is 17.5. The Hall–Kier alpha value is -2.06. The van der Waals surface area contributed by atoms with E-state index in [0.717, 1.165) is 12.8 Å². The Kier molecular flexibility index (Phi) is 5.79. The standard InChI is InChI=1S/C13H15ClN6OS/c1-2-3-8-20-18-12(17-19-20)16-13(22)15-11(21)9-6-4-5-7-10(9)14/h4-7H,2-3,8H2,1H3,(H2,15,16,18,21,22). The number of hydrogen-bond donors (Lipinski definition) is 2. The van der Waals surface area contributed by atoms with Crippen LogP contribution in [0.15, 0.2) is 24.3 Å². The Morgan fingerprint density at radius 2 is 2.18 bits per heavy atom. The van der Waals surface area contributed by atoms with E-state index >= 15 is 0 Å². The maximum Gasteiger partial charge on any atom is 0.269 e. The smallest absolute Gasteiger partial charge is 0.269 e. The lowest BCUT2D eigenvalue weighted by Gasteiger charge is -2.07. The van der Waals surface area contributed by atoms with Gasteiger partial charge in [-0.1, -0.05) is 42.2 Å². The number of amides is 1. The summed E-state index contributed by atoms with van der Waals surface area (Å²) in [5.74, 6) is -0.165. The predicted octanol–water partition coefficient (Wildman–Crippen LogP) is 2.25. The van der Waals surface area contributed by atoms with Crippen molar-refractivity contribution >= 4 is 40.8 Å². The van der Waals surface area contributed by atoms with Crippen molar-refractivity contribution in [1.29, 1.82) is 0 Å². The number of halogens is 1. The Labute approximate surface area is 138 Å². The van der Waals surface area contributed by atoms with Crippen LogP contribution in [0.25, 0.3) is 0 Å². The van der Waals surface area contributed by atoms with Gasteiger partial charge in [0.2, 0.25) is 0 Å². The van der Waals surface area contributed by atoms with Gasteiger partial charge in [0.05, 0.1) is 17.1 Å². The lowest BCUT2D eigenvalue weighted by molar-refractivity contribution is 0.0978. The lowest BCUT2D eigenvalue weighted by atomic mass is 10.2. The van der Waals surface area contributed by atoms with E-state index in [1.165, 1.54) is 4.80 Å². The third-order valence-electron chi connectivity index (χ3n) is 2.74. The first kappa shape index (κ1) is 16.3. The molecule has 9 heteroatoms. The molecule has 0 saturated heterocycles. The van der Waals surface area contributed by atoms with Crippen molar-refractivity contribution in [3.8, 4) is 0 Å². The molecular formula is C13H15ClN6OS. The first-order chi connectivity index (χ1) is 10.6. The topological polar surface area (TPSA) is 84.7 Å². The molecule has 0 aliphatic rings. The van der Waals surface area contributed by atoms with E-state index in [1.54, 1.807) is 24.3 Å². The molecular weight excluding hydrogens is 324 g/mol. The minimum absolute atomic E-state index is 0.0833. The molecule has 2 N–H and O–H groups in total. The van der Waals surface area contributed by atoms with Crippen LogP contribution in [0.5, 0.6) is 0 Å². The fourth-order valence-corrected chi connectivity index (χ4v) is 2.04. The van der Waals surface area contributed by atoms with Crippen molar-refractivity contribution in [1.82, 2.24) is 25.5 Å². The summed E-state index contributed by atoms with van der Waals surface area (Å²) < 4.78 is 0. The number of nitrogens with zero attached hydrogens (tertiary/aromatic N) is 4. The van der Waals surface area contributed by atoms with Crippen LogP contribution in [0.2, 0.25) is 5.02 Å². The number of unbranched alkanes of at least 4 members (excludes halogenated alkanes) is 1. The molecule has 0 aliphatic carbocycles. The number of hydrogen-bond acceptors (Lipinski definition) is 5. The van der Waals surface area contributed by atoms with Crippen molar-refractivity contribution in [2.45, 2.75) is 26.3 Å². The van der Waals surface area contributed by atoms with Crippen molar-refractivity contribution in [2.24, 2.45) is 0 Å². The highest BCUT2D eigenvalue weighted by Crippen LogP contribution is 2.14. The molecule has 1 amide bonds. The number of carbonyl (C=O) groups is 1. The van der Waals surface area contributed by atoms with Gasteiger partial charge in [-0.05, 0) is 36.0 Å². The fraction of sp³-hybridized carbons (Fsp3) is 0.308. The Morgan fingerprint density at radius 3 is 2.91 bits per heavy atom. The lowest BCUT2D eigenvalue weighted by Crippen LogP contribution is -2.34. The summed E-state index contributed by atoms with van der Waals surface area (Å²) in [7, 11) is 0. The van der Waals surface area contributed by atoms with Gasteiger partial charge in [-0.2, -0.15) is 4.80 Å². The van der Waals surface area contributed by atoms with E-state index in [2.05, 4.69) is 33.0 Å². The third kappa shape index (κ3) is 4.47. The zero-order valence-corrected chi connectivity index (χ0v) is 13.5. The quantitative estimate of drug-likeness (QED) is 0.813. The van der Waals surface area contributed by atoms with E-state index in [1.807, 2.05) is 0 Å². The minimum atomic E-state index is -0.401. The maximum absolute atomic E-state index is 12.0. The number of carbonyl (C=O) groups excluding carboxylic acids is 1. The second-order valence-corrected chi connectivity index (χ2v) is 5.27. The molecule has 2 rings (SSSR count). The van der Waals surface area contributed by atoms with Crippen molar-refractivity contribution in [2.75, 3.05) is 5.32 Å². The third-order valence-corrected chi connectivity index (χ3v) is 3.27. The fourth-order valence-electron chi connectivity index (χ4n) is 1.64. The molecule has 2 aromatic rings. The van der Waals surface area contributed by atoms with Crippen molar-refractivity contribution < 1.29 is 4.79 Å². The SMILES string of the molecule is CCCCn1nnc(NC(=S)NC(=O)c2ccccc2Cl)n1. The molecule has 1 aromatic carbocycles. The van der Waals surface area contributed by atoms with Gasteiger partial charge < -0.3 is 0 Å². The van der Waals surface area contributed by atoms with Crippen molar-refractivity contribution in [3.63, 3.8) is 0 Å². The average molecular weight is 339 g/mol. The molecule has 0 unspecified atom stereocenters. The number of tetrazole rings is 1. The largest absolute Gasteiger partial charge is 0.299 e. The Balaban J connectivity index is 1.91. The van der Waals surface area contributed by atoms with Crippen LogP contribution < -0.4 is 10.6 Å². The molecule has 1 heterocycles. The highest BCUT2D eigenvalue weighted by Gasteiger charge is 2.12. The second-order valence-electron chi connectivity index (χ2n) is 4.45. The molecule has 116 valence electrons. The molecule has 0 fully saturated rings. The summed E-state index contributed by atoms with van der Waals surface area (Å²) in [6, 6.07) is 6.71. The van der Waals surface area contributed by atoms with Crippen LogP contribution in [0.4, 0.5) is 5.95 Å². The van der Waals surface area contributed by atoms with Gasteiger partial charge in [0.1, 0.15) is 0 Å². The van der Waals surface area contributed by atoms with Gasteiger partial charge in [0, 0.05) is 0 Å². The van der Waals surface area contributed by atoms with E-state index < -0.39 is 5.91 Å². The van der Waals surface area contributed by atoms with Crippen LogP contribution in [0, 0.1) is 0 Å². The number of nitrogens with one attached hydrogen (secondary N) is 2. The molecule has 1 aromatic heterocycles. The predicted molar refractivity (Wildman–Crippen MR) is 87.9 cm³/mol. The first-order valence-corrected chi connectivity index (χ1v) is 7.53. The van der Waals surface area contributed by atoms with Crippen LogP contribution in [-0.2, 0) is 6.54 Å². The Morgan fingerprint density at radius 1 is 1.41 bits per heavy atom. The van der Waals surface area contributed by atoms with E-state index in [4.69, 9.17) is 23.8 Å². The molecule has 0 radical (unpaired) electrons. The maximum atomic E-state index is 12.0. The van der Waals surface area contributed by atoms with Crippen LogP contribution >= 0.6 is 23.8 Å². The molecule has 0 aliphatic heterocycles. The van der Waals surface area contributed by atoms with Gasteiger partial charge in [-0.3, -0.25) is 15.4 Å². The summed E-state index contributed by atoms with van der Waals surface area (Å²) >= 11 is 11.0. The van der Waals surface area contributed by atoms with Crippen molar-refractivity contribution in [3.05, 3.63) is 34.9 Å². The summed E-state index contributed by atoms with van der Waals surface area (Å²) in [5.41, 5.74) is 0.341. The minimum Gasteiger partial charge on any atom is -0.299 e. The highest BCUT2D eigenvalue weighted by atomic mass is 35.5. The van der Waals surface area contributed by atoms with Crippen LogP contribution in [0.3, 0.4) is 0 Å². The first-order valence-electron chi connectivity index (χ1n) is 6.75. The zero-order chi connectivity index (χ0) is 15.9. The van der Waals surface area contributed by atoms with Crippen LogP contribution in [-0.4, -0.2) is 31.2 Å².